The number of ether oxygens (including phenoxy) is 1. The van der Waals surface area contributed by atoms with Gasteiger partial charge < -0.3 is 24.9 Å². The average Bonchev–Trinajstić information content (AvgIpc) is 2.13. The van der Waals surface area contributed by atoms with Gasteiger partial charge in [-0.3, -0.25) is 9.12 Å². The molecular weight excluding hydrogens is 289 g/mol. The maximum atomic E-state index is 10.4. The Hall–Kier alpha value is -0.0600. The molecule has 0 heterocycles. The third kappa shape index (κ3) is 14.0. The SMILES string of the molecule is O=P(O)(O)CNCC(O)COCCCS(=O)(=O)O. The summed E-state index contributed by atoms with van der Waals surface area (Å²) in [6, 6.07) is 0. The van der Waals surface area contributed by atoms with Gasteiger partial charge in [0, 0.05) is 13.2 Å². The number of hydrogen-bond acceptors (Lipinski definition) is 6. The van der Waals surface area contributed by atoms with Crippen molar-refractivity contribution in [2.45, 2.75) is 12.5 Å². The Morgan fingerprint density at radius 3 is 2.44 bits per heavy atom. The van der Waals surface area contributed by atoms with Gasteiger partial charge in [-0.25, -0.2) is 0 Å². The summed E-state index contributed by atoms with van der Waals surface area (Å²) in [5, 5.41) is 11.7. The molecule has 0 aliphatic carbocycles. The van der Waals surface area contributed by atoms with Crippen LogP contribution in [0.1, 0.15) is 6.42 Å². The zero-order valence-corrected chi connectivity index (χ0v) is 11.3. The van der Waals surface area contributed by atoms with Crippen LogP contribution in [0.25, 0.3) is 0 Å². The van der Waals surface area contributed by atoms with Crippen molar-refractivity contribution in [2.75, 3.05) is 31.8 Å². The molecule has 0 spiro atoms. The third-order valence-corrected chi connectivity index (χ3v) is 3.14. The van der Waals surface area contributed by atoms with E-state index in [2.05, 4.69) is 5.32 Å². The van der Waals surface area contributed by atoms with Gasteiger partial charge in [-0.1, -0.05) is 0 Å². The van der Waals surface area contributed by atoms with Crippen LogP contribution in [0.2, 0.25) is 0 Å². The highest BCUT2D eigenvalue weighted by Gasteiger charge is 2.13. The van der Waals surface area contributed by atoms with Gasteiger partial charge in [0.25, 0.3) is 10.1 Å². The van der Waals surface area contributed by atoms with Gasteiger partial charge in [0.05, 0.1) is 24.7 Å². The normalized spacial score (nSPS) is 14.7. The lowest BCUT2D eigenvalue weighted by Gasteiger charge is -2.12. The Balaban J connectivity index is 3.48. The standard InChI is InChI=1S/C7H18NO8PS/c9-7(4-8-6-17(10,11)12)5-16-2-1-3-18(13,14)15/h7-9H,1-6H2,(H2,10,11,12)(H,13,14,15). The van der Waals surface area contributed by atoms with E-state index < -0.39 is 35.9 Å². The number of aliphatic hydroxyl groups is 1. The topological polar surface area (TPSA) is 153 Å². The van der Waals surface area contributed by atoms with E-state index in [0.717, 1.165) is 0 Å². The average molecular weight is 307 g/mol. The van der Waals surface area contributed by atoms with Crippen LogP contribution < -0.4 is 5.32 Å². The molecule has 0 radical (unpaired) electrons. The maximum Gasteiger partial charge on any atom is 0.339 e. The van der Waals surface area contributed by atoms with E-state index in [-0.39, 0.29) is 26.2 Å². The Kier molecular flexibility index (Phi) is 8.15. The summed E-state index contributed by atoms with van der Waals surface area (Å²) in [6.07, 6.45) is -1.39. The molecule has 0 aromatic rings. The minimum Gasteiger partial charge on any atom is -0.389 e. The first-order valence-electron chi connectivity index (χ1n) is 5.06. The number of nitrogens with one attached hydrogen (secondary N) is 1. The lowest BCUT2D eigenvalue weighted by molar-refractivity contribution is 0.0380. The van der Waals surface area contributed by atoms with Crippen molar-refractivity contribution < 1.29 is 37.2 Å². The van der Waals surface area contributed by atoms with Crippen molar-refractivity contribution >= 4 is 17.7 Å². The Bertz CT molecular complexity index is 366. The van der Waals surface area contributed by atoms with E-state index in [1.807, 2.05) is 0 Å². The number of hydrogen-bond donors (Lipinski definition) is 5. The van der Waals surface area contributed by atoms with Crippen LogP contribution in [0, 0.1) is 0 Å². The largest absolute Gasteiger partial charge is 0.389 e. The van der Waals surface area contributed by atoms with Gasteiger partial charge >= 0.3 is 7.60 Å². The van der Waals surface area contributed by atoms with Crippen molar-refractivity contribution in [3.05, 3.63) is 0 Å². The van der Waals surface area contributed by atoms with E-state index in [4.69, 9.17) is 19.1 Å². The number of rotatable bonds is 10. The summed E-state index contributed by atoms with van der Waals surface area (Å²) >= 11 is 0. The monoisotopic (exact) mass is 307 g/mol. The molecule has 0 saturated heterocycles. The first-order chi connectivity index (χ1) is 8.10. The fraction of sp³-hybridized carbons (Fsp3) is 1.00. The highest BCUT2D eigenvalue weighted by molar-refractivity contribution is 7.85. The van der Waals surface area contributed by atoms with Crippen LogP contribution in [0.3, 0.4) is 0 Å². The summed E-state index contributed by atoms with van der Waals surface area (Å²) in [5.41, 5.74) is 0. The molecule has 110 valence electrons. The van der Waals surface area contributed by atoms with E-state index in [1.54, 1.807) is 0 Å². The van der Waals surface area contributed by atoms with E-state index in [9.17, 15) is 18.1 Å². The molecule has 0 saturated carbocycles. The molecule has 0 fully saturated rings. The second-order valence-corrected chi connectivity index (χ2v) is 6.86. The van der Waals surface area contributed by atoms with E-state index >= 15 is 0 Å². The van der Waals surface area contributed by atoms with Gasteiger partial charge in [-0.15, -0.1) is 0 Å². The minimum absolute atomic E-state index is 0.0509. The molecule has 5 N–H and O–H groups in total. The summed E-state index contributed by atoms with van der Waals surface area (Å²) in [4.78, 5) is 17.0. The second kappa shape index (κ2) is 8.18. The molecule has 1 unspecified atom stereocenters. The molecule has 0 aromatic heterocycles. The fourth-order valence-corrected chi connectivity index (χ4v) is 1.90. The predicted octanol–water partition coefficient (Wildman–Crippen LogP) is -1.63. The highest BCUT2D eigenvalue weighted by Crippen LogP contribution is 2.31. The lowest BCUT2D eigenvalue weighted by Crippen LogP contribution is -2.31. The van der Waals surface area contributed by atoms with Crippen molar-refractivity contribution in [1.82, 2.24) is 5.32 Å². The summed E-state index contributed by atoms with van der Waals surface area (Å²) in [7, 11) is -8.13. The molecule has 0 bridgehead atoms. The molecular formula is C7H18NO8PS. The molecule has 9 nitrogen and oxygen atoms in total. The van der Waals surface area contributed by atoms with Crippen LogP contribution in [-0.4, -0.2) is 65.8 Å². The molecule has 18 heavy (non-hydrogen) atoms. The van der Waals surface area contributed by atoms with Gasteiger partial charge in [-0.05, 0) is 6.42 Å². The zero-order chi connectivity index (χ0) is 14.2. The van der Waals surface area contributed by atoms with Crippen LogP contribution in [0.15, 0.2) is 0 Å². The van der Waals surface area contributed by atoms with Crippen molar-refractivity contribution in [3.8, 4) is 0 Å². The summed E-state index contributed by atoms with van der Waals surface area (Å²) in [6.45, 7) is -0.0988. The predicted molar refractivity (Wildman–Crippen MR) is 62.8 cm³/mol. The van der Waals surface area contributed by atoms with Crippen LogP contribution in [-0.2, 0) is 19.4 Å². The molecule has 0 rings (SSSR count). The van der Waals surface area contributed by atoms with Crippen LogP contribution in [0.4, 0.5) is 0 Å². The van der Waals surface area contributed by atoms with Gasteiger partial charge in [-0.2, -0.15) is 8.42 Å². The molecule has 11 heteroatoms. The first-order valence-corrected chi connectivity index (χ1v) is 8.47. The summed E-state index contributed by atoms with van der Waals surface area (Å²) < 4.78 is 44.4. The molecule has 0 amide bonds. The molecule has 0 aliphatic rings. The quantitative estimate of drug-likeness (QED) is 0.182. The molecule has 0 aliphatic heterocycles. The van der Waals surface area contributed by atoms with Crippen molar-refractivity contribution in [2.24, 2.45) is 0 Å². The van der Waals surface area contributed by atoms with Crippen molar-refractivity contribution in [1.29, 1.82) is 0 Å². The minimum atomic E-state index is -4.13. The second-order valence-electron chi connectivity index (χ2n) is 3.65. The maximum absolute atomic E-state index is 10.4. The highest BCUT2D eigenvalue weighted by atomic mass is 32.2. The molecule has 1 atom stereocenters. The van der Waals surface area contributed by atoms with Gasteiger partial charge in [0.15, 0.2) is 0 Å². The van der Waals surface area contributed by atoms with Crippen LogP contribution >= 0.6 is 7.60 Å². The smallest absolute Gasteiger partial charge is 0.339 e. The lowest BCUT2D eigenvalue weighted by atomic mass is 10.4. The fourth-order valence-electron chi connectivity index (χ4n) is 0.998. The van der Waals surface area contributed by atoms with E-state index in [0.29, 0.717) is 0 Å². The molecule has 0 aromatic carbocycles. The van der Waals surface area contributed by atoms with Gasteiger partial charge in [0.2, 0.25) is 0 Å². The Morgan fingerprint density at radius 1 is 1.33 bits per heavy atom. The van der Waals surface area contributed by atoms with Gasteiger partial charge in [0.1, 0.15) is 0 Å². The number of aliphatic hydroxyl groups excluding tert-OH is 1. The van der Waals surface area contributed by atoms with Crippen molar-refractivity contribution in [3.63, 3.8) is 0 Å². The van der Waals surface area contributed by atoms with Crippen LogP contribution in [0.5, 0.6) is 0 Å². The third-order valence-electron chi connectivity index (χ3n) is 1.70. The zero-order valence-electron chi connectivity index (χ0n) is 9.60. The Labute approximate surface area is 105 Å². The van der Waals surface area contributed by atoms with E-state index in [1.165, 1.54) is 0 Å². The Morgan fingerprint density at radius 2 is 1.94 bits per heavy atom. The summed E-state index contributed by atoms with van der Waals surface area (Å²) in [5.74, 6) is -0.417. The first kappa shape index (κ1) is 17.9.